The molecule has 0 aromatic carbocycles. The van der Waals surface area contributed by atoms with Crippen molar-refractivity contribution in [3.05, 3.63) is 11.9 Å². The second kappa shape index (κ2) is 9.95. The predicted octanol–water partition coefficient (Wildman–Crippen LogP) is 7.61. The maximum absolute atomic E-state index is 13.7. The molecule has 3 fully saturated rings. The molecule has 0 aromatic heterocycles. The van der Waals surface area contributed by atoms with E-state index in [2.05, 4.69) is 6.92 Å². The monoisotopic (exact) mass is 404 g/mol. The van der Waals surface area contributed by atoms with Crippen LogP contribution in [-0.4, -0.2) is 18.9 Å². The molecule has 0 spiro atoms. The molecule has 3 rings (SSSR count). The van der Waals surface area contributed by atoms with Crippen molar-refractivity contribution in [1.29, 1.82) is 0 Å². The van der Waals surface area contributed by atoms with Gasteiger partial charge in [0.25, 0.3) is 0 Å². The molecule has 0 N–H and O–H groups in total. The average Bonchev–Trinajstić information content (AvgIpc) is 2.68. The van der Waals surface area contributed by atoms with Crippen LogP contribution in [-0.2, 0) is 4.74 Å². The van der Waals surface area contributed by atoms with Gasteiger partial charge in [-0.15, -0.1) is 0 Å². The van der Waals surface area contributed by atoms with Crippen molar-refractivity contribution in [1.82, 2.24) is 0 Å². The van der Waals surface area contributed by atoms with E-state index in [-0.39, 0.29) is 6.08 Å². The number of hydrogen-bond acceptors (Lipinski definition) is 1. The van der Waals surface area contributed by atoms with Crippen molar-refractivity contribution in [2.75, 3.05) is 6.61 Å². The second-order valence-electron chi connectivity index (χ2n) is 9.47. The molecule has 3 aliphatic rings. The smallest absolute Gasteiger partial charge is 0.371 e. The van der Waals surface area contributed by atoms with Gasteiger partial charge in [-0.2, -0.15) is 13.2 Å². The molecule has 28 heavy (non-hydrogen) atoms. The highest BCUT2D eigenvalue weighted by atomic mass is 19.4. The molecule has 0 radical (unpaired) electrons. The van der Waals surface area contributed by atoms with Crippen LogP contribution in [0.5, 0.6) is 0 Å². The Bertz CT molecular complexity index is 491. The summed E-state index contributed by atoms with van der Waals surface area (Å²) in [6.07, 6.45) is 8.58. The second-order valence-corrected chi connectivity index (χ2v) is 9.47. The van der Waals surface area contributed by atoms with E-state index in [1.165, 1.54) is 64.2 Å². The number of allylic oxidation sites excluding steroid dienone is 1. The van der Waals surface area contributed by atoms with E-state index in [1.54, 1.807) is 0 Å². The summed E-state index contributed by atoms with van der Waals surface area (Å²) in [4.78, 5) is 0. The Balaban J connectivity index is 1.39. The quantitative estimate of drug-likeness (QED) is 0.428. The number of hydrogen-bond donors (Lipinski definition) is 0. The van der Waals surface area contributed by atoms with Gasteiger partial charge in [0.15, 0.2) is 0 Å². The highest BCUT2D eigenvalue weighted by Crippen LogP contribution is 2.45. The van der Waals surface area contributed by atoms with E-state index in [9.17, 15) is 17.6 Å². The molecule has 0 bridgehead atoms. The van der Waals surface area contributed by atoms with Crippen molar-refractivity contribution in [3.63, 3.8) is 0 Å². The molecule has 2 atom stereocenters. The van der Waals surface area contributed by atoms with Gasteiger partial charge in [-0.1, -0.05) is 32.6 Å². The molecule has 2 unspecified atom stereocenters. The molecule has 5 heteroatoms. The van der Waals surface area contributed by atoms with Crippen LogP contribution < -0.4 is 0 Å². The van der Waals surface area contributed by atoms with Crippen LogP contribution in [0.15, 0.2) is 11.9 Å². The van der Waals surface area contributed by atoms with Gasteiger partial charge in [0.05, 0.1) is 12.7 Å². The summed E-state index contributed by atoms with van der Waals surface area (Å²) >= 11 is 0. The maximum atomic E-state index is 13.7. The zero-order valence-corrected chi connectivity index (χ0v) is 17.2. The van der Waals surface area contributed by atoms with E-state index in [1.807, 2.05) is 0 Å². The van der Waals surface area contributed by atoms with E-state index in [4.69, 9.17) is 4.74 Å². The molecule has 2 saturated carbocycles. The van der Waals surface area contributed by atoms with Crippen LogP contribution in [0.3, 0.4) is 0 Å². The molecular formula is C23H36F4O. The Morgan fingerprint density at radius 3 is 1.79 bits per heavy atom. The van der Waals surface area contributed by atoms with Gasteiger partial charge in [-0.3, -0.25) is 0 Å². The largest absolute Gasteiger partial charge is 0.412 e. The topological polar surface area (TPSA) is 9.23 Å². The van der Waals surface area contributed by atoms with Crippen molar-refractivity contribution < 1.29 is 22.3 Å². The van der Waals surface area contributed by atoms with Crippen LogP contribution in [0, 0.1) is 29.6 Å². The Hall–Kier alpha value is -0.580. The summed E-state index contributed by atoms with van der Waals surface area (Å²) in [6.45, 7) is 2.69. The van der Waals surface area contributed by atoms with Crippen LogP contribution in [0.4, 0.5) is 17.6 Å². The number of rotatable bonds is 5. The highest BCUT2D eigenvalue weighted by molar-refractivity contribution is 5.04. The van der Waals surface area contributed by atoms with E-state index in [0.717, 1.165) is 24.2 Å². The van der Waals surface area contributed by atoms with Crippen molar-refractivity contribution in [3.8, 4) is 0 Å². The molecule has 1 saturated heterocycles. The summed E-state index contributed by atoms with van der Waals surface area (Å²) in [5.41, 5.74) is 0. The Morgan fingerprint density at radius 1 is 0.821 bits per heavy atom. The highest BCUT2D eigenvalue weighted by Gasteiger charge is 2.36. The lowest BCUT2D eigenvalue weighted by Gasteiger charge is -2.41. The number of halogens is 4. The minimum absolute atomic E-state index is 0.252. The lowest BCUT2D eigenvalue weighted by atomic mass is 9.66. The fourth-order valence-electron chi connectivity index (χ4n) is 6.05. The third-order valence-electron chi connectivity index (χ3n) is 7.66. The predicted molar refractivity (Wildman–Crippen MR) is 104 cm³/mol. The molecule has 1 nitrogen and oxygen atoms in total. The third kappa shape index (κ3) is 6.21. The summed E-state index contributed by atoms with van der Waals surface area (Å²) in [5.74, 6) is 2.54. The lowest BCUT2D eigenvalue weighted by Crippen LogP contribution is -2.34. The van der Waals surface area contributed by atoms with Gasteiger partial charge in [0.2, 0.25) is 0 Å². The van der Waals surface area contributed by atoms with Gasteiger partial charge >= 0.3 is 6.18 Å². The standard InChI is InChI=1S/C23H36F4O/c1-2-3-16-4-6-17(7-5-16)18-8-10-19(11-9-18)20-12-13-22(28-15-20)21(24)14-23(25,26)27/h14,16-20,22H,2-13,15H2,1H3. The van der Waals surface area contributed by atoms with Gasteiger partial charge in [-0.25, -0.2) is 4.39 Å². The molecule has 0 amide bonds. The van der Waals surface area contributed by atoms with E-state index in [0.29, 0.717) is 24.9 Å². The molecule has 162 valence electrons. The normalized spacial score (nSPS) is 38.4. The zero-order chi connectivity index (χ0) is 20.1. The van der Waals surface area contributed by atoms with Crippen molar-refractivity contribution >= 4 is 0 Å². The summed E-state index contributed by atoms with van der Waals surface area (Å²) in [7, 11) is 0. The Labute approximate surface area is 167 Å². The van der Waals surface area contributed by atoms with Crippen LogP contribution in [0.2, 0.25) is 0 Å². The SMILES string of the molecule is CCCC1CCC(C2CCC(C3CCC(C(F)=CC(F)(F)F)OC3)CC2)CC1. The van der Waals surface area contributed by atoms with E-state index >= 15 is 0 Å². The third-order valence-corrected chi connectivity index (χ3v) is 7.66. The van der Waals surface area contributed by atoms with Crippen molar-refractivity contribution in [2.24, 2.45) is 29.6 Å². The first kappa shape index (κ1) is 22.1. The summed E-state index contributed by atoms with van der Waals surface area (Å²) in [5, 5.41) is 0. The molecule has 0 aromatic rings. The van der Waals surface area contributed by atoms with Crippen LogP contribution in [0.25, 0.3) is 0 Å². The first-order chi connectivity index (χ1) is 13.4. The first-order valence-electron chi connectivity index (χ1n) is 11.4. The fraction of sp³-hybridized carbons (Fsp3) is 0.913. The lowest BCUT2D eigenvalue weighted by molar-refractivity contribution is -0.0856. The fourth-order valence-corrected chi connectivity index (χ4v) is 6.05. The first-order valence-corrected chi connectivity index (χ1v) is 11.4. The molecule has 1 aliphatic heterocycles. The minimum atomic E-state index is -4.61. The van der Waals surface area contributed by atoms with E-state index < -0.39 is 18.1 Å². The van der Waals surface area contributed by atoms with Gasteiger partial charge in [-0.05, 0) is 81.0 Å². The van der Waals surface area contributed by atoms with Gasteiger partial charge in [0, 0.05) is 0 Å². The van der Waals surface area contributed by atoms with Crippen molar-refractivity contribution in [2.45, 2.75) is 96.3 Å². The summed E-state index contributed by atoms with van der Waals surface area (Å²) < 4.78 is 56.1. The average molecular weight is 405 g/mol. The zero-order valence-electron chi connectivity index (χ0n) is 17.2. The number of ether oxygens (including phenoxy) is 1. The Kier molecular flexibility index (Phi) is 7.86. The van der Waals surface area contributed by atoms with Gasteiger partial charge in [0.1, 0.15) is 11.9 Å². The molecule has 1 heterocycles. The number of alkyl halides is 3. The molecule has 2 aliphatic carbocycles. The van der Waals surface area contributed by atoms with Crippen LogP contribution >= 0.6 is 0 Å². The Morgan fingerprint density at radius 2 is 1.32 bits per heavy atom. The minimum Gasteiger partial charge on any atom is -0.371 e. The maximum Gasteiger partial charge on any atom is 0.412 e. The van der Waals surface area contributed by atoms with Gasteiger partial charge < -0.3 is 4.74 Å². The van der Waals surface area contributed by atoms with Crippen LogP contribution in [0.1, 0.15) is 84.0 Å². The molecular weight excluding hydrogens is 368 g/mol. The summed E-state index contributed by atoms with van der Waals surface area (Å²) in [6, 6.07) is 0.